The Morgan fingerprint density at radius 3 is 3.10 bits per heavy atom. The summed E-state index contributed by atoms with van der Waals surface area (Å²) in [5, 5.41) is 18.4. The number of hydrogen-bond acceptors (Lipinski definition) is 5. The molecule has 1 aromatic carbocycles. The molecular formula is C14H16N4O2. The molecule has 0 bridgehead atoms. The van der Waals surface area contributed by atoms with Crippen molar-refractivity contribution in [2.75, 3.05) is 25.0 Å². The zero-order chi connectivity index (χ0) is 13.9. The van der Waals surface area contributed by atoms with Crippen molar-refractivity contribution in [3.8, 4) is 0 Å². The Balaban J connectivity index is 1.92. The summed E-state index contributed by atoms with van der Waals surface area (Å²) in [6.07, 6.45) is 2.75. The summed E-state index contributed by atoms with van der Waals surface area (Å²) in [4.78, 5) is 15.2. The summed E-state index contributed by atoms with van der Waals surface area (Å²) in [7, 11) is 0. The SMILES string of the molecule is O=[N+]([O-])c1c(NCC2CCNC2)ccc2ncccc12. The molecule has 1 atom stereocenters. The van der Waals surface area contributed by atoms with Gasteiger partial charge in [0.2, 0.25) is 0 Å². The molecule has 2 aromatic rings. The van der Waals surface area contributed by atoms with Gasteiger partial charge in [-0.05, 0) is 49.7 Å². The summed E-state index contributed by atoms with van der Waals surface area (Å²) in [6.45, 7) is 2.74. The third-order valence-electron chi connectivity index (χ3n) is 3.68. The number of benzene rings is 1. The fourth-order valence-corrected chi connectivity index (χ4v) is 2.62. The van der Waals surface area contributed by atoms with Crippen LogP contribution in [-0.4, -0.2) is 29.5 Å². The molecule has 1 aliphatic rings. The topological polar surface area (TPSA) is 80.1 Å². The first-order valence-corrected chi connectivity index (χ1v) is 6.72. The molecule has 2 N–H and O–H groups in total. The lowest BCUT2D eigenvalue weighted by Crippen LogP contribution is -2.17. The van der Waals surface area contributed by atoms with Gasteiger partial charge < -0.3 is 10.6 Å². The lowest BCUT2D eigenvalue weighted by atomic mass is 10.1. The Morgan fingerprint density at radius 2 is 2.35 bits per heavy atom. The van der Waals surface area contributed by atoms with Gasteiger partial charge in [0.1, 0.15) is 5.69 Å². The van der Waals surface area contributed by atoms with Crippen LogP contribution in [0.3, 0.4) is 0 Å². The Kier molecular flexibility index (Phi) is 3.47. The van der Waals surface area contributed by atoms with E-state index in [1.165, 1.54) is 0 Å². The van der Waals surface area contributed by atoms with E-state index in [0.29, 0.717) is 22.5 Å². The molecule has 0 saturated carbocycles. The normalized spacial score (nSPS) is 18.3. The van der Waals surface area contributed by atoms with Gasteiger partial charge in [-0.15, -0.1) is 0 Å². The van der Waals surface area contributed by atoms with Crippen molar-refractivity contribution in [1.82, 2.24) is 10.3 Å². The van der Waals surface area contributed by atoms with Gasteiger partial charge in [-0.3, -0.25) is 15.1 Å². The average molecular weight is 272 g/mol. The Morgan fingerprint density at radius 1 is 1.45 bits per heavy atom. The molecule has 1 aromatic heterocycles. The smallest absolute Gasteiger partial charge is 0.301 e. The Labute approximate surface area is 116 Å². The van der Waals surface area contributed by atoms with E-state index in [1.54, 1.807) is 24.4 Å². The van der Waals surface area contributed by atoms with Crippen molar-refractivity contribution in [1.29, 1.82) is 0 Å². The highest BCUT2D eigenvalue weighted by molar-refractivity contribution is 5.94. The minimum atomic E-state index is -0.334. The van der Waals surface area contributed by atoms with Gasteiger partial charge in [0.05, 0.1) is 15.8 Å². The summed E-state index contributed by atoms with van der Waals surface area (Å²) in [5.41, 5.74) is 1.33. The Hall–Kier alpha value is -2.21. The highest BCUT2D eigenvalue weighted by atomic mass is 16.6. The van der Waals surface area contributed by atoms with Gasteiger partial charge in [0.15, 0.2) is 0 Å². The first-order chi connectivity index (χ1) is 9.75. The van der Waals surface area contributed by atoms with E-state index < -0.39 is 0 Å². The third-order valence-corrected chi connectivity index (χ3v) is 3.68. The molecule has 1 fully saturated rings. The van der Waals surface area contributed by atoms with Crippen LogP contribution >= 0.6 is 0 Å². The van der Waals surface area contributed by atoms with E-state index in [-0.39, 0.29) is 10.6 Å². The van der Waals surface area contributed by atoms with Gasteiger partial charge >= 0.3 is 5.69 Å². The standard InChI is InChI=1S/C14H16N4O2/c19-18(20)14-11-2-1-6-16-12(11)3-4-13(14)17-9-10-5-7-15-8-10/h1-4,6,10,15,17H,5,7-9H2. The molecule has 0 radical (unpaired) electrons. The maximum absolute atomic E-state index is 11.4. The minimum absolute atomic E-state index is 0.113. The molecule has 6 nitrogen and oxygen atoms in total. The molecule has 6 heteroatoms. The van der Waals surface area contributed by atoms with Crippen LogP contribution in [0.25, 0.3) is 10.9 Å². The van der Waals surface area contributed by atoms with E-state index in [4.69, 9.17) is 0 Å². The van der Waals surface area contributed by atoms with Crippen LogP contribution in [-0.2, 0) is 0 Å². The lowest BCUT2D eigenvalue weighted by molar-refractivity contribution is -0.382. The van der Waals surface area contributed by atoms with Crippen LogP contribution in [0.1, 0.15) is 6.42 Å². The summed E-state index contributed by atoms with van der Waals surface area (Å²) >= 11 is 0. The molecule has 1 aliphatic heterocycles. The number of nitrogens with zero attached hydrogens (tertiary/aromatic N) is 2. The third kappa shape index (κ3) is 2.42. The number of aromatic nitrogens is 1. The van der Waals surface area contributed by atoms with E-state index in [0.717, 1.165) is 26.1 Å². The number of nitrogens with one attached hydrogen (secondary N) is 2. The maximum Gasteiger partial charge on any atom is 0.301 e. The van der Waals surface area contributed by atoms with Gasteiger partial charge in [-0.2, -0.15) is 0 Å². The first kappa shape index (κ1) is 12.8. The first-order valence-electron chi connectivity index (χ1n) is 6.72. The summed E-state index contributed by atoms with van der Waals surface area (Å²) in [6, 6.07) is 7.02. The quantitative estimate of drug-likeness (QED) is 0.658. The van der Waals surface area contributed by atoms with Crippen molar-refractivity contribution in [2.45, 2.75) is 6.42 Å². The second-order valence-electron chi connectivity index (χ2n) is 5.03. The lowest BCUT2D eigenvalue weighted by Gasteiger charge is -2.12. The average Bonchev–Trinajstić information content (AvgIpc) is 2.97. The number of hydrogen-bond donors (Lipinski definition) is 2. The molecule has 3 rings (SSSR count). The van der Waals surface area contributed by atoms with Crippen molar-refractivity contribution >= 4 is 22.3 Å². The summed E-state index contributed by atoms with van der Waals surface area (Å²) in [5.74, 6) is 0.527. The fraction of sp³-hybridized carbons (Fsp3) is 0.357. The molecule has 0 aliphatic carbocycles. The largest absolute Gasteiger partial charge is 0.379 e. The number of fused-ring (bicyclic) bond motifs is 1. The van der Waals surface area contributed by atoms with Gasteiger partial charge in [0, 0.05) is 12.7 Å². The number of pyridine rings is 1. The number of rotatable bonds is 4. The second-order valence-corrected chi connectivity index (χ2v) is 5.03. The predicted molar refractivity (Wildman–Crippen MR) is 77.9 cm³/mol. The van der Waals surface area contributed by atoms with Crippen LogP contribution in [0.5, 0.6) is 0 Å². The molecule has 0 spiro atoms. The van der Waals surface area contributed by atoms with Crippen molar-refractivity contribution < 1.29 is 4.92 Å². The van der Waals surface area contributed by atoms with E-state index >= 15 is 0 Å². The predicted octanol–water partition coefficient (Wildman–Crippen LogP) is 2.16. The molecule has 104 valence electrons. The maximum atomic E-state index is 11.4. The van der Waals surface area contributed by atoms with Crippen molar-refractivity contribution in [3.63, 3.8) is 0 Å². The van der Waals surface area contributed by atoms with Crippen LogP contribution < -0.4 is 10.6 Å². The van der Waals surface area contributed by atoms with Crippen molar-refractivity contribution in [2.24, 2.45) is 5.92 Å². The van der Waals surface area contributed by atoms with Crippen LogP contribution in [0.4, 0.5) is 11.4 Å². The van der Waals surface area contributed by atoms with Gasteiger partial charge in [0.25, 0.3) is 0 Å². The Bertz CT molecular complexity index is 638. The van der Waals surface area contributed by atoms with Gasteiger partial charge in [-0.1, -0.05) is 0 Å². The molecular weight excluding hydrogens is 256 g/mol. The number of anilines is 1. The van der Waals surface area contributed by atoms with Crippen LogP contribution in [0.2, 0.25) is 0 Å². The minimum Gasteiger partial charge on any atom is -0.379 e. The zero-order valence-electron chi connectivity index (χ0n) is 11.0. The molecule has 0 amide bonds. The van der Waals surface area contributed by atoms with E-state index in [2.05, 4.69) is 15.6 Å². The molecule has 2 heterocycles. The number of nitro benzene ring substituents is 1. The van der Waals surface area contributed by atoms with E-state index in [9.17, 15) is 10.1 Å². The zero-order valence-corrected chi connectivity index (χ0v) is 11.0. The van der Waals surface area contributed by atoms with Gasteiger partial charge in [-0.25, -0.2) is 0 Å². The highest BCUT2D eigenvalue weighted by Crippen LogP contribution is 2.32. The fourth-order valence-electron chi connectivity index (χ4n) is 2.62. The highest BCUT2D eigenvalue weighted by Gasteiger charge is 2.20. The molecule has 1 saturated heterocycles. The van der Waals surface area contributed by atoms with Crippen LogP contribution in [0.15, 0.2) is 30.5 Å². The second kappa shape index (κ2) is 5.42. The van der Waals surface area contributed by atoms with E-state index in [1.807, 2.05) is 6.07 Å². The molecule has 1 unspecified atom stereocenters. The molecule has 20 heavy (non-hydrogen) atoms. The van der Waals surface area contributed by atoms with Crippen molar-refractivity contribution in [3.05, 3.63) is 40.6 Å². The van der Waals surface area contributed by atoms with Crippen LogP contribution in [0, 0.1) is 16.0 Å². The number of nitro groups is 1. The summed E-state index contributed by atoms with van der Waals surface area (Å²) < 4.78 is 0. The monoisotopic (exact) mass is 272 g/mol.